The molecule has 1 fully saturated rings. The van der Waals surface area contributed by atoms with Crippen LogP contribution < -0.4 is 5.56 Å². The predicted octanol–water partition coefficient (Wildman–Crippen LogP) is 4.40. The molecular weight excluding hydrogens is 508 g/mol. The summed E-state index contributed by atoms with van der Waals surface area (Å²) in [5, 5.41) is 0. The number of fused-ring (bicyclic) bond motifs is 1. The SMILES string of the molecule is O=c1[nH]cnc2c1ncn2[C@@H]1OC[C@@H](OCc2ccccc2)[C@@H](OCc2ccccc2)[C@H]1OCc1ccccc1. The summed E-state index contributed by atoms with van der Waals surface area (Å²) in [6.07, 6.45) is 0.770. The Balaban J connectivity index is 1.33. The predicted molar refractivity (Wildman–Crippen MR) is 148 cm³/mol. The highest BCUT2D eigenvalue weighted by Gasteiger charge is 2.44. The second kappa shape index (κ2) is 12.4. The topological polar surface area (TPSA) is 100 Å². The van der Waals surface area contributed by atoms with Crippen molar-refractivity contribution in [2.24, 2.45) is 0 Å². The average molecular weight is 539 g/mol. The van der Waals surface area contributed by atoms with Gasteiger partial charge in [-0.05, 0) is 16.7 Å². The fourth-order valence-electron chi connectivity index (χ4n) is 4.88. The van der Waals surface area contributed by atoms with Crippen LogP contribution >= 0.6 is 0 Å². The van der Waals surface area contributed by atoms with Crippen LogP contribution in [0.3, 0.4) is 0 Å². The number of hydrogen-bond acceptors (Lipinski definition) is 7. The quantitative estimate of drug-likeness (QED) is 0.281. The molecular formula is C31H30N4O5. The van der Waals surface area contributed by atoms with Crippen LogP contribution in [0.4, 0.5) is 0 Å². The highest BCUT2D eigenvalue weighted by Crippen LogP contribution is 2.33. The smallest absolute Gasteiger partial charge is 0.278 e. The second-order valence-corrected chi connectivity index (χ2v) is 9.64. The minimum Gasteiger partial charge on any atom is -0.368 e. The van der Waals surface area contributed by atoms with Crippen molar-refractivity contribution in [3.05, 3.63) is 131 Å². The van der Waals surface area contributed by atoms with Crippen molar-refractivity contribution >= 4 is 11.2 Å². The molecule has 0 bridgehead atoms. The lowest BCUT2D eigenvalue weighted by Gasteiger charge is -2.42. The molecule has 40 heavy (non-hydrogen) atoms. The Morgan fingerprint density at radius 2 is 1.30 bits per heavy atom. The first-order chi connectivity index (χ1) is 19.8. The van der Waals surface area contributed by atoms with E-state index in [0.717, 1.165) is 16.7 Å². The van der Waals surface area contributed by atoms with Crippen LogP contribution in [0.1, 0.15) is 22.9 Å². The van der Waals surface area contributed by atoms with Crippen LogP contribution in [0.25, 0.3) is 11.2 Å². The van der Waals surface area contributed by atoms with E-state index in [2.05, 4.69) is 15.0 Å². The van der Waals surface area contributed by atoms with Crippen molar-refractivity contribution in [2.75, 3.05) is 6.61 Å². The molecule has 0 radical (unpaired) electrons. The number of hydrogen-bond donors (Lipinski definition) is 1. The van der Waals surface area contributed by atoms with Crippen LogP contribution in [0.5, 0.6) is 0 Å². The Hall–Kier alpha value is -4.15. The van der Waals surface area contributed by atoms with Crippen molar-refractivity contribution in [1.29, 1.82) is 0 Å². The van der Waals surface area contributed by atoms with Crippen molar-refractivity contribution in [3.63, 3.8) is 0 Å². The van der Waals surface area contributed by atoms with Gasteiger partial charge in [0.2, 0.25) is 0 Å². The third-order valence-corrected chi connectivity index (χ3v) is 6.92. The zero-order valence-corrected chi connectivity index (χ0v) is 21.8. The molecule has 0 aliphatic carbocycles. The number of imidazole rings is 1. The maximum atomic E-state index is 12.4. The van der Waals surface area contributed by atoms with Gasteiger partial charge in [-0.15, -0.1) is 0 Å². The minimum atomic E-state index is -0.652. The molecule has 2 aromatic heterocycles. The van der Waals surface area contributed by atoms with Crippen LogP contribution in [0.2, 0.25) is 0 Å². The van der Waals surface area contributed by atoms with Crippen LogP contribution in [0.15, 0.2) is 108 Å². The van der Waals surface area contributed by atoms with Gasteiger partial charge in [0.25, 0.3) is 5.56 Å². The fraction of sp³-hybridized carbons (Fsp3) is 0.258. The van der Waals surface area contributed by atoms with Crippen LogP contribution in [-0.4, -0.2) is 44.4 Å². The molecule has 0 amide bonds. The van der Waals surface area contributed by atoms with Gasteiger partial charge in [0.15, 0.2) is 17.4 Å². The number of aromatic amines is 1. The third kappa shape index (κ3) is 5.88. The molecule has 9 nitrogen and oxygen atoms in total. The van der Waals surface area contributed by atoms with E-state index in [4.69, 9.17) is 18.9 Å². The lowest BCUT2D eigenvalue weighted by atomic mass is 10.0. The summed E-state index contributed by atoms with van der Waals surface area (Å²) in [5.74, 6) is 0. The lowest BCUT2D eigenvalue weighted by molar-refractivity contribution is -0.255. The molecule has 1 N–H and O–H groups in total. The number of rotatable bonds is 10. The number of H-pyrrole nitrogens is 1. The van der Waals surface area contributed by atoms with Gasteiger partial charge in [-0.1, -0.05) is 91.0 Å². The molecule has 9 heteroatoms. The summed E-state index contributed by atoms with van der Waals surface area (Å²) in [6, 6.07) is 29.9. The second-order valence-electron chi connectivity index (χ2n) is 9.64. The molecule has 1 saturated heterocycles. The van der Waals surface area contributed by atoms with Crippen LogP contribution in [-0.2, 0) is 38.8 Å². The van der Waals surface area contributed by atoms with Gasteiger partial charge in [-0.25, -0.2) is 9.97 Å². The summed E-state index contributed by atoms with van der Waals surface area (Å²) in [6.45, 7) is 1.37. The van der Waals surface area contributed by atoms with E-state index in [0.29, 0.717) is 25.5 Å². The molecule has 5 aromatic rings. The summed E-state index contributed by atoms with van der Waals surface area (Å²) in [4.78, 5) is 23.6. The maximum Gasteiger partial charge on any atom is 0.278 e. The van der Waals surface area contributed by atoms with E-state index in [1.165, 1.54) is 6.33 Å². The summed E-state index contributed by atoms with van der Waals surface area (Å²) >= 11 is 0. The van der Waals surface area contributed by atoms with Crippen molar-refractivity contribution < 1.29 is 18.9 Å². The number of aromatic nitrogens is 4. The lowest BCUT2D eigenvalue weighted by Crippen LogP contribution is -2.54. The van der Waals surface area contributed by atoms with Gasteiger partial charge >= 0.3 is 0 Å². The molecule has 1 aliphatic rings. The summed E-state index contributed by atoms with van der Waals surface area (Å²) < 4.78 is 27.7. The molecule has 6 rings (SSSR count). The van der Waals surface area contributed by atoms with E-state index in [1.807, 2.05) is 91.0 Å². The standard InChI is InChI=1S/C31H30N4O5/c36-30-26-29(32-20-33-30)35(21-34-26)31-28(39-18-24-14-8-3-9-15-24)27(38-17-23-12-6-2-7-13-23)25(19-40-31)37-16-22-10-4-1-5-11-22/h1-15,20-21,25,27-28,31H,16-19H2,(H,32,33,36)/t25-,27-,28-,31-/m1/s1. The van der Waals surface area contributed by atoms with Crippen LogP contribution in [0, 0.1) is 0 Å². The van der Waals surface area contributed by atoms with Gasteiger partial charge < -0.3 is 23.9 Å². The normalized spacial score (nSPS) is 21.0. The molecule has 3 aromatic carbocycles. The molecule has 0 saturated carbocycles. The largest absolute Gasteiger partial charge is 0.368 e. The molecule has 4 atom stereocenters. The molecule has 0 spiro atoms. The average Bonchev–Trinajstić information content (AvgIpc) is 3.45. The van der Waals surface area contributed by atoms with Gasteiger partial charge in [-0.3, -0.25) is 9.36 Å². The number of ether oxygens (including phenoxy) is 4. The van der Waals surface area contributed by atoms with E-state index in [-0.39, 0.29) is 17.7 Å². The first kappa shape index (κ1) is 26.1. The van der Waals surface area contributed by atoms with E-state index in [9.17, 15) is 4.79 Å². The van der Waals surface area contributed by atoms with Gasteiger partial charge in [0.1, 0.15) is 18.3 Å². The van der Waals surface area contributed by atoms with E-state index >= 15 is 0 Å². The number of nitrogens with one attached hydrogen (secondary N) is 1. The van der Waals surface area contributed by atoms with E-state index < -0.39 is 24.5 Å². The molecule has 3 heterocycles. The fourth-order valence-corrected chi connectivity index (χ4v) is 4.88. The Kier molecular flexibility index (Phi) is 8.06. The number of nitrogens with zero attached hydrogens (tertiary/aromatic N) is 3. The number of benzene rings is 3. The minimum absolute atomic E-state index is 0.233. The van der Waals surface area contributed by atoms with Gasteiger partial charge in [-0.2, -0.15) is 0 Å². The van der Waals surface area contributed by atoms with Crippen molar-refractivity contribution in [2.45, 2.75) is 44.4 Å². The molecule has 204 valence electrons. The summed E-state index contributed by atoms with van der Waals surface area (Å²) in [5.41, 5.74) is 3.43. The Labute approximate surface area is 231 Å². The van der Waals surface area contributed by atoms with Crippen molar-refractivity contribution in [1.82, 2.24) is 19.5 Å². The summed E-state index contributed by atoms with van der Waals surface area (Å²) in [7, 11) is 0. The van der Waals surface area contributed by atoms with Crippen molar-refractivity contribution in [3.8, 4) is 0 Å². The Morgan fingerprint density at radius 3 is 1.90 bits per heavy atom. The highest BCUT2D eigenvalue weighted by atomic mass is 16.6. The maximum absolute atomic E-state index is 12.4. The Bertz CT molecular complexity index is 1560. The van der Waals surface area contributed by atoms with E-state index in [1.54, 1.807) is 10.9 Å². The monoisotopic (exact) mass is 538 g/mol. The first-order valence-electron chi connectivity index (χ1n) is 13.2. The zero-order valence-electron chi connectivity index (χ0n) is 21.8. The third-order valence-electron chi connectivity index (χ3n) is 6.92. The first-order valence-corrected chi connectivity index (χ1v) is 13.2. The molecule has 1 aliphatic heterocycles. The van der Waals surface area contributed by atoms with Gasteiger partial charge in [0.05, 0.1) is 39.1 Å². The highest BCUT2D eigenvalue weighted by molar-refractivity contribution is 5.68. The zero-order chi connectivity index (χ0) is 27.1. The van der Waals surface area contributed by atoms with Gasteiger partial charge in [0, 0.05) is 0 Å². The Morgan fingerprint density at radius 1 is 0.750 bits per heavy atom. The molecule has 0 unspecified atom stereocenters.